The highest BCUT2D eigenvalue weighted by Crippen LogP contribution is 2.37. The number of nitrogens with zero attached hydrogens (tertiary/aromatic N) is 2. The molecular formula is C20H22BrCl2N3O2. The van der Waals surface area contributed by atoms with E-state index in [0.717, 1.165) is 28.7 Å². The largest absolute Gasteiger partial charge is 0.493 e. The molecule has 0 aliphatic carbocycles. The van der Waals surface area contributed by atoms with E-state index in [1.54, 1.807) is 31.9 Å². The second-order valence-electron chi connectivity index (χ2n) is 5.72. The maximum absolute atomic E-state index is 5.93. The number of pyridine rings is 2. The number of aromatic nitrogens is 2. The lowest BCUT2D eigenvalue weighted by Crippen LogP contribution is -2.13. The molecule has 2 aromatic heterocycles. The van der Waals surface area contributed by atoms with Gasteiger partial charge in [-0.1, -0.05) is 6.07 Å². The Balaban J connectivity index is 0.00000196. The first kappa shape index (κ1) is 24.2. The Morgan fingerprint density at radius 3 is 2.36 bits per heavy atom. The van der Waals surface area contributed by atoms with Crippen molar-refractivity contribution in [1.82, 2.24) is 15.3 Å². The van der Waals surface area contributed by atoms with Crippen LogP contribution in [0.1, 0.15) is 16.7 Å². The zero-order valence-corrected chi connectivity index (χ0v) is 18.5. The highest BCUT2D eigenvalue weighted by atomic mass is 79.9. The molecule has 0 amide bonds. The summed E-state index contributed by atoms with van der Waals surface area (Å²) in [4.78, 5) is 8.13. The van der Waals surface area contributed by atoms with Crippen LogP contribution in [-0.4, -0.2) is 17.1 Å². The number of benzene rings is 1. The summed E-state index contributed by atoms with van der Waals surface area (Å²) < 4.78 is 12.3. The van der Waals surface area contributed by atoms with E-state index in [1.165, 1.54) is 5.56 Å². The Kier molecular flexibility index (Phi) is 10.9. The van der Waals surface area contributed by atoms with Crippen molar-refractivity contribution in [3.05, 3.63) is 82.3 Å². The Morgan fingerprint density at radius 2 is 1.68 bits per heavy atom. The lowest BCUT2D eigenvalue weighted by Gasteiger charge is -2.15. The first-order valence-corrected chi connectivity index (χ1v) is 9.03. The van der Waals surface area contributed by atoms with Crippen LogP contribution >= 0.6 is 40.7 Å². The van der Waals surface area contributed by atoms with Crippen LogP contribution in [0.25, 0.3) is 0 Å². The number of methoxy groups -OCH3 is 1. The van der Waals surface area contributed by atoms with Crippen molar-refractivity contribution in [3.8, 4) is 11.5 Å². The number of nitrogens with one attached hydrogen (secondary N) is 1. The third-order valence-electron chi connectivity index (χ3n) is 3.80. The maximum atomic E-state index is 5.93. The molecule has 150 valence electrons. The van der Waals surface area contributed by atoms with E-state index in [-0.39, 0.29) is 24.8 Å². The smallest absolute Gasteiger partial charge is 0.175 e. The summed E-state index contributed by atoms with van der Waals surface area (Å²) in [6.07, 6.45) is 7.13. The fourth-order valence-corrected chi connectivity index (χ4v) is 3.11. The van der Waals surface area contributed by atoms with E-state index < -0.39 is 0 Å². The molecule has 1 aromatic carbocycles. The molecule has 8 heteroatoms. The van der Waals surface area contributed by atoms with Crippen molar-refractivity contribution in [2.75, 3.05) is 7.11 Å². The lowest BCUT2D eigenvalue weighted by molar-refractivity contribution is 0.282. The van der Waals surface area contributed by atoms with Gasteiger partial charge in [-0.2, -0.15) is 0 Å². The molecule has 2 heterocycles. The fraction of sp³-hybridized carbons (Fsp3) is 0.200. The molecule has 1 N–H and O–H groups in total. The molecule has 0 aliphatic heterocycles. The van der Waals surface area contributed by atoms with Crippen molar-refractivity contribution >= 4 is 40.7 Å². The summed E-state index contributed by atoms with van der Waals surface area (Å²) in [5, 5.41) is 3.42. The van der Waals surface area contributed by atoms with Crippen LogP contribution in [0.5, 0.6) is 11.5 Å². The van der Waals surface area contributed by atoms with Gasteiger partial charge in [0.15, 0.2) is 11.5 Å². The van der Waals surface area contributed by atoms with Crippen LogP contribution in [0.4, 0.5) is 0 Å². The van der Waals surface area contributed by atoms with Crippen LogP contribution in [0, 0.1) is 0 Å². The molecule has 0 radical (unpaired) electrons. The molecule has 0 spiro atoms. The summed E-state index contributed by atoms with van der Waals surface area (Å²) >= 11 is 3.59. The summed E-state index contributed by atoms with van der Waals surface area (Å²) in [6.45, 7) is 1.93. The number of ether oxygens (including phenoxy) is 2. The standard InChI is InChI=1S/C20H20BrN3O2.2ClH/c1-25-19-10-17(13-24-11-15-4-7-22-8-5-15)9-18(21)20(19)26-14-16-3-2-6-23-12-16;;/h2-10,12,24H,11,13-14H2,1H3;2*1H. The fourth-order valence-electron chi connectivity index (χ4n) is 2.51. The summed E-state index contributed by atoms with van der Waals surface area (Å²) in [5.74, 6) is 1.39. The van der Waals surface area contributed by atoms with E-state index in [9.17, 15) is 0 Å². The van der Waals surface area contributed by atoms with E-state index in [1.807, 2.05) is 36.4 Å². The first-order chi connectivity index (χ1) is 12.8. The van der Waals surface area contributed by atoms with Crippen LogP contribution < -0.4 is 14.8 Å². The van der Waals surface area contributed by atoms with Crippen molar-refractivity contribution < 1.29 is 9.47 Å². The minimum absolute atomic E-state index is 0. The second-order valence-corrected chi connectivity index (χ2v) is 6.57. The molecule has 0 atom stereocenters. The topological polar surface area (TPSA) is 56.3 Å². The molecule has 0 fully saturated rings. The Labute approximate surface area is 185 Å². The third-order valence-corrected chi connectivity index (χ3v) is 4.39. The molecule has 3 aromatic rings. The van der Waals surface area contributed by atoms with Crippen LogP contribution in [-0.2, 0) is 19.7 Å². The van der Waals surface area contributed by atoms with Crippen molar-refractivity contribution in [1.29, 1.82) is 0 Å². The molecule has 3 rings (SSSR count). The molecule has 0 bridgehead atoms. The van der Waals surface area contributed by atoms with Gasteiger partial charge >= 0.3 is 0 Å². The van der Waals surface area contributed by atoms with Crippen molar-refractivity contribution in [3.63, 3.8) is 0 Å². The van der Waals surface area contributed by atoms with Gasteiger partial charge < -0.3 is 14.8 Å². The Bertz CT molecular complexity index is 840. The van der Waals surface area contributed by atoms with E-state index in [2.05, 4.69) is 31.2 Å². The molecule has 0 aliphatic rings. The average Bonchev–Trinajstić information content (AvgIpc) is 2.68. The van der Waals surface area contributed by atoms with E-state index >= 15 is 0 Å². The monoisotopic (exact) mass is 485 g/mol. The second kappa shape index (κ2) is 12.6. The lowest BCUT2D eigenvalue weighted by atomic mass is 10.2. The first-order valence-electron chi connectivity index (χ1n) is 8.24. The van der Waals surface area contributed by atoms with Gasteiger partial charge in [-0.05, 0) is 57.4 Å². The molecule has 0 unspecified atom stereocenters. The van der Waals surface area contributed by atoms with Gasteiger partial charge in [0.2, 0.25) is 0 Å². The SMILES string of the molecule is COc1cc(CNCc2ccncc2)cc(Br)c1OCc1cccnc1.Cl.Cl. The van der Waals surface area contributed by atoms with Gasteiger partial charge in [-0.15, -0.1) is 24.8 Å². The third kappa shape index (κ3) is 6.95. The molecular weight excluding hydrogens is 465 g/mol. The van der Waals surface area contributed by atoms with Crippen molar-refractivity contribution in [2.45, 2.75) is 19.7 Å². The van der Waals surface area contributed by atoms with Crippen LogP contribution in [0.3, 0.4) is 0 Å². The average molecular weight is 487 g/mol. The Morgan fingerprint density at radius 1 is 0.929 bits per heavy atom. The number of halogens is 3. The quantitative estimate of drug-likeness (QED) is 0.487. The highest BCUT2D eigenvalue weighted by molar-refractivity contribution is 9.10. The number of hydrogen-bond donors (Lipinski definition) is 1. The van der Waals surface area contributed by atoms with Gasteiger partial charge in [0, 0.05) is 43.4 Å². The van der Waals surface area contributed by atoms with Crippen molar-refractivity contribution in [2.24, 2.45) is 0 Å². The Hall–Kier alpha value is -1.86. The summed E-state index contributed by atoms with van der Waals surface area (Å²) in [6, 6.07) is 11.9. The van der Waals surface area contributed by atoms with Gasteiger partial charge in [0.1, 0.15) is 6.61 Å². The zero-order chi connectivity index (χ0) is 18.2. The molecule has 0 saturated carbocycles. The minimum atomic E-state index is 0. The van der Waals surface area contributed by atoms with E-state index in [4.69, 9.17) is 9.47 Å². The predicted molar refractivity (Wildman–Crippen MR) is 119 cm³/mol. The highest BCUT2D eigenvalue weighted by Gasteiger charge is 2.12. The van der Waals surface area contributed by atoms with Crippen LogP contribution in [0.15, 0.2) is 65.7 Å². The van der Waals surface area contributed by atoms with Gasteiger partial charge in [-0.3, -0.25) is 9.97 Å². The van der Waals surface area contributed by atoms with Crippen LogP contribution in [0.2, 0.25) is 0 Å². The zero-order valence-electron chi connectivity index (χ0n) is 15.3. The van der Waals surface area contributed by atoms with Gasteiger partial charge in [0.05, 0.1) is 11.6 Å². The van der Waals surface area contributed by atoms with Gasteiger partial charge in [0.25, 0.3) is 0 Å². The van der Waals surface area contributed by atoms with Gasteiger partial charge in [-0.25, -0.2) is 0 Å². The molecule has 5 nitrogen and oxygen atoms in total. The predicted octanol–water partition coefficient (Wildman–Crippen LogP) is 4.96. The minimum Gasteiger partial charge on any atom is -0.493 e. The molecule has 28 heavy (non-hydrogen) atoms. The number of hydrogen-bond acceptors (Lipinski definition) is 5. The normalized spacial score (nSPS) is 9.79. The summed E-state index contributed by atoms with van der Waals surface area (Å²) in [7, 11) is 1.65. The number of rotatable bonds is 8. The summed E-state index contributed by atoms with van der Waals surface area (Å²) in [5.41, 5.74) is 3.31. The molecule has 0 saturated heterocycles. The maximum Gasteiger partial charge on any atom is 0.175 e. The van der Waals surface area contributed by atoms with E-state index in [0.29, 0.717) is 18.1 Å².